The van der Waals surface area contributed by atoms with Crippen LogP contribution in [0.1, 0.15) is 19.4 Å². The maximum absolute atomic E-state index is 14.3. The molecule has 64 heavy (non-hydrogen) atoms. The molecule has 7 unspecified atom stereocenters. The van der Waals surface area contributed by atoms with Crippen LogP contribution in [-0.4, -0.2) is 166 Å². The molecular weight excluding hydrogens is 856 g/mol. The van der Waals surface area contributed by atoms with Gasteiger partial charge in [0.25, 0.3) is 0 Å². The molecule has 3 saturated heterocycles. The van der Waals surface area contributed by atoms with Crippen molar-refractivity contribution >= 4 is 23.0 Å². The molecule has 0 radical (unpaired) electrons. The van der Waals surface area contributed by atoms with Gasteiger partial charge in [-0.15, -0.1) is 0 Å². The van der Waals surface area contributed by atoms with Crippen LogP contribution in [0.5, 0.6) is 34.5 Å². The number of aliphatic hydroxyl groups excluding tert-OH is 8. The van der Waals surface area contributed by atoms with Gasteiger partial charge in [-0.25, -0.2) is 4.79 Å². The van der Waals surface area contributed by atoms with E-state index in [9.17, 15) is 70.9 Å². The number of rotatable bonds is 11. The van der Waals surface area contributed by atoms with E-state index in [1.165, 1.54) is 50.3 Å². The second-order valence-corrected chi connectivity index (χ2v) is 15.4. The summed E-state index contributed by atoms with van der Waals surface area (Å²) in [6.45, 7) is 2.08. The normalized spacial score (nSPS) is 33.2. The van der Waals surface area contributed by atoms with Crippen molar-refractivity contribution in [1.29, 1.82) is 0 Å². The monoisotopic (exact) mass is 902 g/mol. The van der Waals surface area contributed by atoms with Crippen molar-refractivity contribution in [1.82, 2.24) is 0 Å². The van der Waals surface area contributed by atoms with Crippen LogP contribution in [-0.2, 0) is 28.5 Å². The third-order valence-corrected chi connectivity index (χ3v) is 10.9. The summed E-state index contributed by atoms with van der Waals surface area (Å²) in [4.78, 5) is 27.4. The molecule has 4 aromatic rings. The molecule has 1 aromatic heterocycles. The van der Waals surface area contributed by atoms with Crippen molar-refractivity contribution < 1.29 is 104 Å². The minimum atomic E-state index is -2.13. The molecule has 3 aliphatic heterocycles. The summed E-state index contributed by atoms with van der Waals surface area (Å²) in [6.07, 6.45) is -22.6. The Morgan fingerprint density at radius 1 is 0.656 bits per heavy atom. The van der Waals surface area contributed by atoms with E-state index in [1.807, 2.05) is 0 Å². The van der Waals surface area contributed by atoms with Gasteiger partial charge in [-0.3, -0.25) is 4.79 Å². The molecule has 0 aliphatic carbocycles. The molecule has 346 valence electrons. The highest BCUT2D eigenvalue weighted by Crippen LogP contribution is 2.39. The predicted octanol–water partition coefficient (Wildman–Crippen LogP) is -1.22. The summed E-state index contributed by atoms with van der Waals surface area (Å²) in [5.41, 5.74) is -1.08. The lowest BCUT2D eigenvalue weighted by atomic mass is 9.98. The summed E-state index contributed by atoms with van der Waals surface area (Å²) in [6, 6.07) is 10.9. The van der Waals surface area contributed by atoms with E-state index in [4.69, 9.17) is 37.6 Å². The average molecular weight is 903 g/mol. The van der Waals surface area contributed by atoms with Crippen LogP contribution in [0.15, 0.2) is 69.9 Å². The Kier molecular flexibility index (Phi) is 13.7. The second kappa shape index (κ2) is 18.9. The molecule has 3 aliphatic rings. The summed E-state index contributed by atoms with van der Waals surface area (Å²) >= 11 is 0. The maximum Gasteiger partial charge on any atom is 0.331 e. The van der Waals surface area contributed by atoms with E-state index < -0.39 is 139 Å². The fourth-order valence-electron chi connectivity index (χ4n) is 7.20. The Labute approximate surface area is 361 Å². The van der Waals surface area contributed by atoms with Crippen molar-refractivity contribution in [2.75, 3.05) is 6.61 Å². The van der Waals surface area contributed by atoms with Crippen molar-refractivity contribution in [3.63, 3.8) is 0 Å². The molecular formula is C42H46O22. The standard InChI is InChI=1S/C42H46O22/c1-15-28(48)31(51)34(54)40(58-15)57-14-25-38(63-26(47)10-4-17-3-9-21(44)22(45)11-17)33(53)36(56)42(62-25)64-39-30(50)27-23(46)12-20(60-41-35(55)32(52)29(49)16(2)59-41)13-24(27)61-37(39)18-5-7-19(43)8-6-18/h3-13,15-16,25,28-29,31-36,38,40-46,48-49,51-56H,14H2,1-2H3/b10-4+/t15?,16?,25?,28-,29-,31-,32-,33?,34?,35?,36?,38-,40+,41-,42-/m0/s1. The Morgan fingerprint density at radius 3 is 1.92 bits per heavy atom. The quantitative estimate of drug-likeness (QED) is 0.0477. The first-order valence-electron chi connectivity index (χ1n) is 19.7. The zero-order valence-corrected chi connectivity index (χ0v) is 33.7. The van der Waals surface area contributed by atoms with E-state index in [0.717, 1.165) is 30.3 Å². The molecule has 7 rings (SSSR count). The number of phenolic OH excluding ortho intramolecular Hbond substituents is 4. The van der Waals surface area contributed by atoms with Crippen LogP contribution >= 0.6 is 0 Å². The summed E-state index contributed by atoms with van der Waals surface area (Å²) in [5, 5.41) is 125. The van der Waals surface area contributed by atoms with Gasteiger partial charge in [0.05, 0.1) is 18.8 Å². The summed E-state index contributed by atoms with van der Waals surface area (Å²) in [5.74, 6) is -4.29. The molecule has 3 fully saturated rings. The van der Waals surface area contributed by atoms with Crippen molar-refractivity contribution in [2.24, 2.45) is 0 Å². The van der Waals surface area contributed by atoms with Crippen molar-refractivity contribution in [3.8, 4) is 45.8 Å². The van der Waals surface area contributed by atoms with Gasteiger partial charge >= 0.3 is 5.97 Å². The SMILES string of the molecule is CC1O[C@@H](OCC2O[C@@H](Oc3c(-c4ccc(O)cc4)oc4cc(O[C@@H]5OC(C)[C@H](O)[C@H](O)C5O)cc(O)c4c3=O)C(O)C(O)[C@H]2OC(=O)/C=C/c2ccc(O)c(O)c2)C(O)[C@@H](O)[C@H]1O. The summed E-state index contributed by atoms with van der Waals surface area (Å²) < 4.78 is 45.8. The van der Waals surface area contributed by atoms with Gasteiger partial charge in [0.15, 0.2) is 29.7 Å². The Bertz CT molecular complexity index is 2390. The molecule has 4 heterocycles. The highest BCUT2D eigenvalue weighted by molar-refractivity contribution is 5.89. The number of carbonyl (C=O) groups is 1. The molecule has 0 saturated carbocycles. The summed E-state index contributed by atoms with van der Waals surface area (Å²) in [7, 11) is 0. The third kappa shape index (κ3) is 9.44. The number of ether oxygens (including phenoxy) is 7. The molecule has 0 amide bonds. The average Bonchev–Trinajstić information content (AvgIpc) is 3.26. The van der Waals surface area contributed by atoms with E-state index in [2.05, 4.69) is 0 Å². The van der Waals surface area contributed by atoms with Crippen LogP contribution in [0.3, 0.4) is 0 Å². The minimum Gasteiger partial charge on any atom is -0.508 e. The molecule has 22 nitrogen and oxygen atoms in total. The van der Waals surface area contributed by atoms with Gasteiger partial charge in [0, 0.05) is 23.8 Å². The second-order valence-electron chi connectivity index (χ2n) is 15.4. The van der Waals surface area contributed by atoms with Crippen LogP contribution in [0.4, 0.5) is 0 Å². The lowest BCUT2D eigenvalue weighted by Gasteiger charge is -2.43. The smallest absolute Gasteiger partial charge is 0.331 e. The van der Waals surface area contributed by atoms with Crippen LogP contribution < -0.4 is 14.9 Å². The van der Waals surface area contributed by atoms with Crippen LogP contribution in [0.2, 0.25) is 0 Å². The highest BCUT2D eigenvalue weighted by atomic mass is 16.7. The van der Waals surface area contributed by atoms with Gasteiger partial charge in [-0.2, -0.15) is 0 Å². The third-order valence-electron chi connectivity index (χ3n) is 10.9. The largest absolute Gasteiger partial charge is 0.508 e. The molecule has 3 aromatic carbocycles. The minimum absolute atomic E-state index is 0.0826. The molecule has 12 N–H and O–H groups in total. The lowest BCUT2D eigenvalue weighted by Crippen LogP contribution is -2.62. The maximum atomic E-state index is 14.3. The van der Waals surface area contributed by atoms with Gasteiger partial charge in [-0.1, -0.05) is 6.07 Å². The number of fused-ring (bicyclic) bond motifs is 1. The topological polar surface area (TPSA) is 355 Å². The highest BCUT2D eigenvalue weighted by Gasteiger charge is 2.50. The number of carbonyl (C=O) groups excluding carboxylic acids is 1. The number of aromatic hydroxyl groups is 4. The van der Waals surface area contributed by atoms with Gasteiger partial charge in [-0.05, 0) is 61.9 Å². The number of phenols is 4. The first-order valence-corrected chi connectivity index (χ1v) is 19.7. The van der Waals surface area contributed by atoms with Gasteiger partial charge in [0.2, 0.25) is 23.8 Å². The van der Waals surface area contributed by atoms with E-state index in [0.29, 0.717) is 0 Å². The number of hydrogen-bond donors (Lipinski definition) is 12. The molecule has 22 heteroatoms. The molecule has 15 atom stereocenters. The number of esters is 1. The van der Waals surface area contributed by atoms with Gasteiger partial charge in [0.1, 0.15) is 83.2 Å². The van der Waals surface area contributed by atoms with E-state index >= 15 is 0 Å². The Morgan fingerprint density at radius 2 is 1.27 bits per heavy atom. The number of aliphatic hydroxyl groups is 8. The Balaban J connectivity index is 1.21. The van der Waals surface area contributed by atoms with Crippen molar-refractivity contribution in [2.45, 2.75) is 106 Å². The first kappa shape index (κ1) is 46.4. The lowest BCUT2D eigenvalue weighted by molar-refractivity contribution is -0.319. The molecule has 0 bridgehead atoms. The van der Waals surface area contributed by atoms with Crippen LogP contribution in [0.25, 0.3) is 28.4 Å². The Hall–Kier alpha value is -5.60. The van der Waals surface area contributed by atoms with Crippen molar-refractivity contribution in [3.05, 3.63) is 76.5 Å². The van der Waals surface area contributed by atoms with E-state index in [1.54, 1.807) is 0 Å². The predicted molar refractivity (Wildman–Crippen MR) is 213 cm³/mol. The fraction of sp³-hybridized carbons (Fsp3) is 0.429. The number of benzene rings is 3. The number of hydrogen-bond acceptors (Lipinski definition) is 22. The first-order chi connectivity index (χ1) is 30.3. The zero-order chi connectivity index (χ0) is 46.3. The van der Waals surface area contributed by atoms with Gasteiger partial charge < -0.3 is 98.9 Å². The van der Waals surface area contributed by atoms with E-state index in [-0.39, 0.29) is 34.0 Å². The van der Waals surface area contributed by atoms with Crippen LogP contribution in [0, 0.1) is 0 Å². The fourth-order valence-corrected chi connectivity index (χ4v) is 7.20. The molecule has 0 spiro atoms. The zero-order valence-electron chi connectivity index (χ0n) is 33.7.